The molecule has 1 N–H and O–H groups in total. The van der Waals surface area contributed by atoms with E-state index < -0.39 is 0 Å². The number of hydrogen-bond acceptors (Lipinski definition) is 3. The Bertz CT molecular complexity index is 680. The average Bonchev–Trinajstić information content (AvgIpc) is 2.64. The minimum absolute atomic E-state index is 0.0998. The van der Waals surface area contributed by atoms with Crippen LogP contribution in [-0.4, -0.2) is 40.8 Å². The van der Waals surface area contributed by atoms with Gasteiger partial charge in [-0.3, -0.25) is 14.6 Å². The highest BCUT2D eigenvalue weighted by molar-refractivity contribution is 5.94. The van der Waals surface area contributed by atoms with E-state index in [0.717, 1.165) is 18.4 Å². The molecule has 0 saturated carbocycles. The first-order valence-corrected chi connectivity index (χ1v) is 8.25. The molecule has 2 aromatic rings. The fourth-order valence-corrected chi connectivity index (χ4v) is 2.92. The van der Waals surface area contributed by atoms with E-state index in [1.807, 2.05) is 35.2 Å². The summed E-state index contributed by atoms with van der Waals surface area (Å²) in [4.78, 5) is 30.3. The predicted octanol–water partition coefficient (Wildman–Crippen LogP) is 2.05. The van der Waals surface area contributed by atoms with Crippen molar-refractivity contribution < 1.29 is 9.59 Å². The normalized spacial score (nSPS) is 15.1. The van der Waals surface area contributed by atoms with Crippen molar-refractivity contribution >= 4 is 11.8 Å². The second-order valence-corrected chi connectivity index (χ2v) is 6.03. The van der Waals surface area contributed by atoms with E-state index in [-0.39, 0.29) is 17.9 Å². The molecular formula is C19H21N3O2. The van der Waals surface area contributed by atoms with Gasteiger partial charge in [0.1, 0.15) is 0 Å². The molecule has 0 spiro atoms. The van der Waals surface area contributed by atoms with Gasteiger partial charge >= 0.3 is 0 Å². The van der Waals surface area contributed by atoms with E-state index in [2.05, 4.69) is 10.3 Å². The van der Waals surface area contributed by atoms with Crippen molar-refractivity contribution in [3.63, 3.8) is 0 Å². The molecule has 0 atom stereocenters. The van der Waals surface area contributed by atoms with Crippen LogP contribution in [0.2, 0.25) is 0 Å². The molecule has 1 saturated heterocycles. The Balaban J connectivity index is 1.47. The van der Waals surface area contributed by atoms with Gasteiger partial charge in [0.2, 0.25) is 5.91 Å². The number of pyridine rings is 1. The Morgan fingerprint density at radius 2 is 1.83 bits per heavy atom. The minimum Gasteiger partial charge on any atom is -0.349 e. The number of nitrogens with zero attached hydrogens (tertiary/aromatic N) is 2. The van der Waals surface area contributed by atoms with Crippen LogP contribution in [0, 0.1) is 0 Å². The number of rotatable bonds is 4. The topological polar surface area (TPSA) is 62.3 Å². The summed E-state index contributed by atoms with van der Waals surface area (Å²) < 4.78 is 0. The zero-order valence-electron chi connectivity index (χ0n) is 13.5. The zero-order chi connectivity index (χ0) is 16.8. The minimum atomic E-state index is -0.0998. The van der Waals surface area contributed by atoms with Gasteiger partial charge in [-0.15, -0.1) is 0 Å². The molecule has 1 aliphatic rings. The van der Waals surface area contributed by atoms with Crippen LogP contribution in [0.3, 0.4) is 0 Å². The van der Waals surface area contributed by atoms with E-state index >= 15 is 0 Å². The number of amides is 2. The van der Waals surface area contributed by atoms with Gasteiger partial charge < -0.3 is 10.2 Å². The molecule has 0 aliphatic carbocycles. The summed E-state index contributed by atoms with van der Waals surface area (Å²) in [5, 5.41) is 3.03. The lowest BCUT2D eigenvalue weighted by Crippen LogP contribution is -2.47. The molecule has 124 valence electrons. The van der Waals surface area contributed by atoms with E-state index in [0.29, 0.717) is 25.1 Å². The third-order valence-corrected chi connectivity index (χ3v) is 4.30. The van der Waals surface area contributed by atoms with Crippen LogP contribution >= 0.6 is 0 Å². The molecule has 0 unspecified atom stereocenters. The largest absolute Gasteiger partial charge is 0.349 e. The summed E-state index contributed by atoms with van der Waals surface area (Å²) in [6.07, 6.45) is 5.22. The van der Waals surface area contributed by atoms with E-state index in [1.54, 1.807) is 24.5 Å². The fraction of sp³-hybridized carbons (Fsp3) is 0.316. The van der Waals surface area contributed by atoms with E-state index in [9.17, 15) is 9.59 Å². The molecule has 0 radical (unpaired) electrons. The second kappa shape index (κ2) is 7.73. The van der Waals surface area contributed by atoms with Crippen molar-refractivity contribution in [3.05, 3.63) is 66.0 Å². The number of hydrogen-bond donors (Lipinski definition) is 1. The smallest absolute Gasteiger partial charge is 0.253 e. The maximum absolute atomic E-state index is 12.3. The molecule has 5 heteroatoms. The van der Waals surface area contributed by atoms with Gasteiger partial charge in [-0.2, -0.15) is 0 Å². The summed E-state index contributed by atoms with van der Waals surface area (Å²) in [7, 11) is 0. The number of benzene rings is 1. The second-order valence-electron chi connectivity index (χ2n) is 6.03. The number of piperidine rings is 1. The van der Waals surface area contributed by atoms with E-state index in [1.165, 1.54) is 0 Å². The molecule has 1 aromatic heterocycles. The van der Waals surface area contributed by atoms with Crippen molar-refractivity contribution in [1.82, 2.24) is 15.2 Å². The molecule has 0 bridgehead atoms. The standard InChI is InChI=1S/C19H21N3O2/c23-18(13-15-5-2-1-3-6-15)22-11-8-17(9-12-22)21-19(24)16-7-4-10-20-14-16/h1-7,10,14,17H,8-9,11-13H2,(H,21,24). The van der Waals surface area contributed by atoms with Crippen molar-refractivity contribution in [3.8, 4) is 0 Å². The highest BCUT2D eigenvalue weighted by Crippen LogP contribution is 2.13. The van der Waals surface area contributed by atoms with Gasteiger partial charge in [0.25, 0.3) is 5.91 Å². The highest BCUT2D eigenvalue weighted by Gasteiger charge is 2.24. The van der Waals surface area contributed by atoms with Gasteiger partial charge in [0.15, 0.2) is 0 Å². The van der Waals surface area contributed by atoms with Crippen LogP contribution in [0.25, 0.3) is 0 Å². The average molecular weight is 323 g/mol. The van der Waals surface area contributed by atoms with Crippen LogP contribution in [-0.2, 0) is 11.2 Å². The summed E-state index contributed by atoms with van der Waals surface area (Å²) in [5.74, 6) is 0.0513. The predicted molar refractivity (Wildman–Crippen MR) is 91.5 cm³/mol. The first-order valence-electron chi connectivity index (χ1n) is 8.25. The SMILES string of the molecule is O=C(NC1CCN(C(=O)Cc2ccccc2)CC1)c1cccnc1. The maximum Gasteiger partial charge on any atom is 0.253 e. The molecule has 24 heavy (non-hydrogen) atoms. The first kappa shape index (κ1) is 16.2. The van der Waals surface area contributed by atoms with Crippen LogP contribution in [0.1, 0.15) is 28.8 Å². The lowest BCUT2D eigenvalue weighted by molar-refractivity contribution is -0.131. The summed E-state index contributed by atoms with van der Waals surface area (Å²) in [6, 6.07) is 13.4. The lowest BCUT2D eigenvalue weighted by atomic mass is 10.0. The molecule has 1 aromatic carbocycles. The maximum atomic E-state index is 12.3. The van der Waals surface area contributed by atoms with E-state index in [4.69, 9.17) is 0 Å². The Hall–Kier alpha value is -2.69. The third kappa shape index (κ3) is 4.19. The van der Waals surface area contributed by atoms with Crippen LogP contribution in [0.4, 0.5) is 0 Å². The van der Waals surface area contributed by atoms with Crippen molar-refractivity contribution in [1.29, 1.82) is 0 Å². The number of carbonyl (C=O) groups is 2. The Kier molecular flexibility index (Phi) is 5.21. The molecular weight excluding hydrogens is 302 g/mol. The molecule has 1 aliphatic heterocycles. The number of carbonyl (C=O) groups excluding carboxylic acids is 2. The summed E-state index contributed by atoms with van der Waals surface area (Å²) in [5.41, 5.74) is 1.61. The zero-order valence-corrected chi connectivity index (χ0v) is 13.5. The quantitative estimate of drug-likeness (QED) is 0.936. The lowest BCUT2D eigenvalue weighted by Gasteiger charge is -2.32. The Morgan fingerprint density at radius 3 is 2.50 bits per heavy atom. The highest BCUT2D eigenvalue weighted by atomic mass is 16.2. The Labute approximate surface area is 141 Å². The fourth-order valence-electron chi connectivity index (χ4n) is 2.92. The van der Waals surface area contributed by atoms with Gasteiger partial charge in [-0.05, 0) is 30.5 Å². The molecule has 2 heterocycles. The van der Waals surface area contributed by atoms with Crippen molar-refractivity contribution in [2.75, 3.05) is 13.1 Å². The van der Waals surface area contributed by atoms with Gasteiger partial charge in [-0.1, -0.05) is 30.3 Å². The number of aromatic nitrogens is 1. The number of nitrogens with one attached hydrogen (secondary N) is 1. The summed E-state index contributed by atoms with van der Waals surface area (Å²) in [6.45, 7) is 1.37. The van der Waals surface area contributed by atoms with Gasteiger partial charge in [0.05, 0.1) is 12.0 Å². The van der Waals surface area contributed by atoms with Crippen LogP contribution < -0.4 is 5.32 Å². The monoisotopic (exact) mass is 323 g/mol. The van der Waals surface area contributed by atoms with Crippen molar-refractivity contribution in [2.24, 2.45) is 0 Å². The Morgan fingerprint density at radius 1 is 1.08 bits per heavy atom. The van der Waals surface area contributed by atoms with Gasteiger partial charge in [-0.25, -0.2) is 0 Å². The van der Waals surface area contributed by atoms with Crippen LogP contribution in [0.5, 0.6) is 0 Å². The van der Waals surface area contributed by atoms with Crippen molar-refractivity contribution in [2.45, 2.75) is 25.3 Å². The van der Waals surface area contributed by atoms with Crippen LogP contribution in [0.15, 0.2) is 54.9 Å². The first-order chi connectivity index (χ1) is 11.7. The molecule has 5 nitrogen and oxygen atoms in total. The molecule has 1 fully saturated rings. The third-order valence-electron chi connectivity index (χ3n) is 4.30. The van der Waals surface area contributed by atoms with Gasteiger partial charge in [0, 0.05) is 31.5 Å². The number of likely N-dealkylation sites (tertiary alicyclic amines) is 1. The summed E-state index contributed by atoms with van der Waals surface area (Å²) >= 11 is 0. The molecule has 2 amide bonds. The molecule has 3 rings (SSSR count).